The second kappa shape index (κ2) is 6.50. The average molecular weight is 240 g/mol. The molecule has 98 valence electrons. The van der Waals surface area contributed by atoms with E-state index in [1.54, 1.807) is 0 Å². The van der Waals surface area contributed by atoms with Gasteiger partial charge in [0.15, 0.2) is 0 Å². The zero-order chi connectivity index (χ0) is 12.1. The number of rotatable bonds is 5. The van der Waals surface area contributed by atoms with Crippen LogP contribution in [0, 0.1) is 5.92 Å². The molecule has 3 nitrogen and oxygen atoms in total. The highest BCUT2D eigenvalue weighted by atomic mass is 16.5. The number of carbonyl (C=O) groups excluding carboxylic acids is 1. The van der Waals surface area contributed by atoms with Crippen LogP contribution in [0.3, 0.4) is 0 Å². The summed E-state index contributed by atoms with van der Waals surface area (Å²) in [5.41, 5.74) is 0. The van der Waals surface area contributed by atoms with Crippen molar-refractivity contribution in [1.82, 2.24) is 0 Å². The molecule has 3 heteroatoms. The highest BCUT2D eigenvalue weighted by Gasteiger charge is 2.22. The summed E-state index contributed by atoms with van der Waals surface area (Å²) in [7, 11) is 0. The Balaban J connectivity index is 1.58. The van der Waals surface area contributed by atoms with Crippen molar-refractivity contribution in [3.63, 3.8) is 0 Å². The van der Waals surface area contributed by atoms with E-state index in [4.69, 9.17) is 4.74 Å². The number of ketones is 1. The number of aliphatic hydroxyl groups is 1. The Hall–Kier alpha value is -0.410. The lowest BCUT2D eigenvalue weighted by Gasteiger charge is -2.23. The van der Waals surface area contributed by atoms with Crippen LogP contribution in [-0.4, -0.2) is 29.7 Å². The van der Waals surface area contributed by atoms with Crippen LogP contribution < -0.4 is 0 Å². The lowest BCUT2D eigenvalue weighted by molar-refractivity contribution is -0.123. The van der Waals surface area contributed by atoms with Crippen molar-refractivity contribution in [2.75, 3.05) is 6.61 Å². The molecule has 2 fully saturated rings. The molecule has 0 aromatic heterocycles. The fraction of sp³-hybridized carbons (Fsp3) is 0.929. The zero-order valence-corrected chi connectivity index (χ0v) is 10.6. The minimum absolute atomic E-state index is 0.200. The summed E-state index contributed by atoms with van der Waals surface area (Å²) >= 11 is 0. The van der Waals surface area contributed by atoms with Crippen molar-refractivity contribution in [2.45, 2.75) is 70.0 Å². The van der Waals surface area contributed by atoms with Gasteiger partial charge in [-0.2, -0.15) is 0 Å². The molecule has 1 N–H and O–H groups in total. The molecule has 0 aliphatic heterocycles. The first kappa shape index (κ1) is 13.0. The van der Waals surface area contributed by atoms with Crippen LogP contribution in [0.1, 0.15) is 57.8 Å². The third-order valence-electron chi connectivity index (χ3n) is 4.09. The average Bonchev–Trinajstić information content (AvgIpc) is 2.81. The topological polar surface area (TPSA) is 46.5 Å². The second-order valence-electron chi connectivity index (χ2n) is 5.61. The molecule has 0 aromatic rings. The number of Topliss-reactive ketones (excluding diaryl/α,β-unsaturated/α-hetero) is 1. The summed E-state index contributed by atoms with van der Waals surface area (Å²) in [6.07, 6.45) is 8.97. The molecular formula is C14H24O3. The van der Waals surface area contributed by atoms with Crippen LogP contribution in [0.2, 0.25) is 0 Å². The Morgan fingerprint density at radius 3 is 2.47 bits per heavy atom. The molecule has 1 unspecified atom stereocenters. The predicted molar refractivity (Wildman–Crippen MR) is 65.8 cm³/mol. The highest BCUT2D eigenvalue weighted by molar-refractivity contribution is 5.79. The summed E-state index contributed by atoms with van der Waals surface area (Å²) in [5, 5.41) is 9.90. The van der Waals surface area contributed by atoms with Crippen LogP contribution in [0.25, 0.3) is 0 Å². The van der Waals surface area contributed by atoms with Gasteiger partial charge in [-0.15, -0.1) is 0 Å². The van der Waals surface area contributed by atoms with E-state index in [1.807, 2.05) is 0 Å². The van der Waals surface area contributed by atoms with E-state index in [2.05, 4.69) is 0 Å². The second-order valence-corrected chi connectivity index (χ2v) is 5.61. The molecule has 0 heterocycles. The normalized spacial score (nSPS) is 25.4. The van der Waals surface area contributed by atoms with Gasteiger partial charge < -0.3 is 9.84 Å². The number of carbonyl (C=O) groups is 1. The van der Waals surface area contributed by atoms with E-state index in [9.17, 15) is 9.90 Å². The molecule has 0 bridgehead atoms. The van der Waals surface area contributed by atoms with Crippen molar-refractivity contribution in [1.29, 1.82) is 0 Å². The lowest BCUT2D eigenvalue weighted by Crippen LogP contribution is -2.26. The van der Waals surface area contributed by atoms with Crippen LogP contribution in [0.15, 0.2) is 0 Å². The van der Waals surface area contributed by atoms with E-state index in [0.717, 1.165) is 19.3 Å². The summed E-state index contributed by atoms with van der Waals surface area (Å²) < 4.78 is 5.70. The van der Waals surface area contributed by atoms with Gasteiger partial charge in [0.2, 0.25) is 0 Å². The molecule has 0 aromatic carbocycles. The van der Waals surface area contributed by atoms with Crippen LogP contribution in [-0.2, 0) is 9.53 Å². The molecule has 2 aliphatic rings. The van der Waals surface area contributed by atoms with Crippen molar-refractivity contribution < 1.29 is 14.6 Å². The number of hydrogen-bond donors (Lipinski definition) is 1. The molecular weight excluding hydrogens is 216 g/mol. The molecule has 1 atom stereocenters. The Bertz CT molecular complexity index is 236. The standard InChI is InChI=1S/C14H24O3/c15-12-5-7-14(8-6-12)17-10-13(16)9-11-3-1-2-4-11/h11,13-14,16H,1-10H2. The van der Waals surface area contributed by atoms with E-state index in [1.165, 1.54) is 25.7 Å². The first-order chi connectivity index (χ1) is 8.24. The fourth-order valence-electron chi connectivity index (χ4n) is 3.03. The monoisotopic (exact) mass is 240 g/mol. The van der Waals surface area contributed by atoms with Gasteiger partial charge >= 0.3 is 0 Å². The first-order valence-electron chi connectivity index (χ1n) is 7.05. The maximum Gasteiger partial charge on any atom is 0.133 e. The van der Waals surface area contributed by atoms with Crippen molar-refractivity contribution in [3.8, 4) is 0 Å². The summed E-state index contributed by atoms with van der Waals surface area (Å²) in [6.45, 7) is 0.454. The van der Waals surface area contributed by atoms with Crippen molar-refractivity contribution in [3.05, 3.63) is 0 Å². The Morgan fingerprint density at radius 1 is 1.18 bits per heavy atom. The molecule has 0 radical (unpaired) electrons. The van der Waals surface area contributed by atoms with Crippen LogP contribution >= 0.6 is 0 Å². The van der Waals surface area contributed by atoms with Gasteiger partial charge in [0.25, 0.3) is 0 Å². The van der Waals surface area contributed by atoms with E-state index in [0.29, 0.717) is 31.1 Å². The molecule has 0 amide bonds. The summed E-state index contributed by atoms with van der Waals surface area (Å²) in [5.74, 6) is 1.07. The number of aliphatic hydroxyl groups excluding tert-OH is 1. The Labute approximate surface area is 104 Å². The van der Waals surface area contributed by atoms with Gasteiger partial charge in [0.1, 0.15) is 5.78 Å². The largest absolute Gasteiger partial charge is 0.391 e. The quantitative estimate of drug-likeness (QED) is 0.803. The fourth-order valence-corrected chi connectivity index (χ4v) is 3.03. The third kappa shape index (κ3) is 4.40. The maximum atomic E-state index is 11.1. The highest BCUT2D eigenvalue weighted by Crippen LogP contribution is 2.28. The molecule has 0 spiro atoms. The summed E-state index contributed by atoms with van der Waals surface area (Å²) in [4.78, 5) is 11.1. The van der Waals surface area contributed by atoms with Gasteiger partial charge in [-0.25, -0.2) is 0 Å². The van der Waals surface area contributed by atoms with Gasteiger partial charge in [-0.05, 0) is 25.2 Å². The van der Waals surface area contributed by atoms with E-state index >= 15 is 0 Å². The Kier molecular flexibility index (Phi) is 4.99. The van der Waals surface area contributed by atoms with Crippen molar-refractivity contribution in [2.24, 2.45) is 5.92 Å². The van der Waals surface area contributed by atoms with E-state index in [-0.39, 0.29) is 12.2 Å². The van der Waals surface area contributed by atoms with Crippen molar-refractivity contribution >= 4 is 5.78 Å². The summed E-state index contributed by atoms with van der Waals surface area (Å²) in [6, 6.07) is 0. The van der Waals surface area contributed by atoms with Gasteiger partial charge in [0, 0.05) is 12.8 Å². The molecule has 2 saturated carbocycles. The maximum absolute atomic E-state index is 11.1. The van der Waals surface area contributed by atoms with Gasteiger partial charge in [-0.1, -0.05) is 25.7 Å². The third-order valence-corrected chi connectivity index (χ3v) is 4.09. The first-order valence-corrected chi connectivity index (χ1v) is 7.05. The predicted octanol–water partition coefficient (Wildman–Crippen LogP) is 2.46. The SMILES string of the molecule is O=C1CCC(OCC(O)CC2CCCC2)CC1. The molecule has 17 heavy (non-hydrogen) atoms. The minimum Gasteiger partial charge on any atom is -0.391 e. The molecule has 0 saturated heterocycles. The lowest BCUT2D eigenvalue weighted by atomic mass is 9.96. The number of ether oxygens (including phenoxy) is 1. The van der Waals surface area contributed by atoms with Gasteiger partial charge in [-0.3, -0.25) is 4.79 Å². The van der Waals surface area contributed by atoms with Gasteiger partial charge in [0.05, 0.1) is 18.8 Å². The van der Waals surface area contributed by atoms with Crippen LogP contribution in [0.5, 0.6) is 0 Å². The zero-order valence-electron chi connectivity index (χ0n) is 10.6. The van der Waals surface area contributed by atoms with Crippen LogP contribution in [0.4, 0.5) is 0 Å². The van der Waals surface area contributed by atoms with E-state index < -0.39 is 0 Å². The number of hydrogen-bond acceptors (Lipinski definition) is 3. The Morgan fingerprint density at radius 2 is 1.82 bits per heavy atom. The molecule has 2 aliphatic carbocycles. The smallest absolute Gasteiger partial charge is 0.133 e. The minimum atomic E-state index is -0.310. The molecule has 2 rings (SSSR count).